The van der Waals surface area contributed by atoms with Crippen molar-refractivity contribution >= 4 is 10.8 Å². The highest BCUT2D eigenvalue weighted by Crippen LogP contribution is 2.32. The van der Waals surface area contributed by atoms with Gasteiger partial charge < -0.3 is 9.84 Å². The van der Waals surface area contributed by atoms with Gasteiger partial charge in [-0.25, -0.2) is 4.98 Å². The molecule has 1 fully saturated rings. The topological polar surface area (TPSA) is 68.1 Å². The van der Waals surface area contributed by atoms with Crippen LogP contribution in [0.15, 0.2) is 36.8 Å². The van der Waals surface area contributed by atoms with Gasteiger partial charge in [0.05, 0.1) is 18.3 Å². The second-order valence-electron chi connectivity index (χ2n) is 7.50. The number of aromatic nitrogens is 3. The lowest BCUT2D eigenvalue weighted by Gasteiger charge is -2.35. The first-order valence-corrected chi connectivity index (χ1v) is 9.49. The molecule has 5 heteroatoms. The van der Waals surface area contributed by atoms with Gasteiger partial charge in [0.2, 0.25) is 0 Å². The summed E-state index contributed by atoms with van der Waals surface area (Å²) in [5, 5.41) is 12.9. The summed E-state index contributed by atoms with van der Waals surface area (Å²) in [5.41, 5.74) is 3.19. The highest BCUT2D eigenvalue weighted by atomic mass is 16.5. The predicted molar refractivity (Wildman–Crippen MR) is 108 cm³/mol. The van der Waals surface area contributed by atoms with Gasteiger partial charge in [0, 0.05) is 46.3 Å². The van der Waals surface area contributed by atoms with Crippen LogP contribution in [0, 0.1) is 25.7 Å². The van der Waals surface area contributed by atoms with E-state index < -0.39 is 5.60 Å². The number of hydrogen-bond acceptors (Lipinski definition) is 5. The Kier molecular flexibility index (Phi) is 4.84. The van der Waals surface area contributed by atoms with Gasteiger partial charge in [0.25, 0.3) is 0 Å². The van der Waals surface area contributed by atoms with Crippen LogP contribution in [0.25, 0.3) is 10.8 Å². The average Bonchev–Trinajstić information content (AvgIpc) is 2.70. The molecule has 3 aromatic rings. The molecule has 3 aromatic heterocycles. The fourth-order valence-electron chi connectivity index (χ4n) is 3.45. The molecule has 4 rings (SSSR count). The SMILES string of the molecule is Cc1cc2c(C#Cc3ccc(C4(O)CCC(C)OC4)cn3)cnc(C)c2cn1. The summed E-state index contributed by atoms with van der Waals surface area (Å²) in [7, 11) is 0. The smallest absolute Gasteiger partial charge is 0.114 e. The quantitative estimate of drug-likeness (QED) is 0.662. The van der Waals surface area contributed by atoms with Gasteiger partial charge in [-0.05, 0) is 51.7 Å². The minimum Gasteiger partial charge on any atom is -0.383 e. The Morgan fingerprint density at radius 1 is 1.07 bits per heavy atom. The van der Waals surface area contributed by atoms with Crippen molar-refractivity contribution < 1.29 is 9.84 Å². The molecule has 2 atom stereocenters. The third-order valence-electron chi connectivity index (χ3n) is 5.31. The summed E-state index contributed by atoms with van der Waals surface area (Å²) in [6, 6.07) is 5.76. The van der Waals surface area contributed by atoms with Gasteiger partial charge in [0.15, 0.2) is 0 Å². The van der Waals surface area contributed by atoms with Crippen LogP contribution < -0.4 is 0 Å². The third kappa shape index (κ3) is 3.62. The Labute approximate surface area is 164 Å². The summed E-state index contributed by atoms with van der Waals surface area (Å²) in [5.74, 6) is 6.29. The van der Waals surface area contributed by atoms with E-state index in [0.717, 1.165) is 39.7 Å². The molecule has 0 aliphatic carbocycles. The summed E-state index contributed by atoms with van der Waals surface area (Å²) in [6.07, 6.45) is 7.04. The molecule has 0 spiro atoms. The number of rotatable bonds is 1. The predicted octanol–water partition coefficient (Wildman–Crippen LogP) is 3.43. The summed E-state index contributed by atoms with van der Waals surface area (Å²) >= 11 is 0. The molecule has 1 saturated heterocycles. The zero-order chi connectivity index (χ0) is 19.7. The molecule has 142 valence electrons. The van der Waals surface area contributed by atoms with E-state index in [0.29, 0.717) is 18.7 Å². The standard InChI is InChI=1S/C23H23N3O2/c1-15-10-21-18(11-25-17(3)22(21)13-24-15)4-6-20-7-5-19(12-26-20)23(27)9-8-16(2)28-14-23/h5,7,10-13,16,27H,8-9,14H2,1-3H3. The van der Waals surface area contributed by atoms with Crippen molar-refractivity contribution in [2.45, 2.75) is 45.3 Å². The van der Waals surface area contributed by atoms with E-state index in [-0.39, 0.29) is 6.10 Å². The van der Waals surface area contributed by atoms with Crippen LogP contribution in [-0.2, 0) is 10.3 Å². The lowest BCUT2D eigenvalue weighted by Crippen LogP contribution is -2.38. The Hall–Kier alpha value is -2.81. The molecule has 2 unspecified atom stereocenters. The zero-order valence-corrected chi connectivity index (χ0v) is 16.4. The number of ether oxygens (including phenoxy) is 1. The van der Waals surface area contributed by atoms with Gasteiger partial charge in [-0.1, -0.05) is 12.0 Å². The number of pyridine rings is 3. The lowest BCUT2D eigenvalue weighted by molar-refractivity contribution is -0.119. The Bertz CT molecular complexity index is 1070. The Morgan fingerprint density at radius 2 is 1.93 bits per heavy atom. The summed E-state index contributed by atoms with van der Waals surface area (Å²) in [4.78, 5) is 13.2. The second kappa shape index (κ2) is 7.31. The molecule has 0 aromatic carbocycles. The summed E-state index contributed by atoms with van der Waals surface area (Å²) in [6.45, 7) is 6.26. The van der Waals surface area contributed by atoms with E-state index in [9.17, 15) is 5.11 Å². The number of fused-ring (bicyclic) bond motifs is 1. The van der Waals surface area contributed by atoms with Crippen molar-refractivity contribution in [3.05, 3.63) is 65.0 Å². The largest absolute Gasteiger partial charge is 0.383 e. The second-order valence-corrected chi connectivity index (χ2v) is 7.50. The van der Waals surface area contributed by atoms with Crippen molar-refractivity contribution in [3.8, 4) is 11.8 Å². The first kappa shape index (κ1) is 18.5. The molecule has 1 aliphatic heterocycles. The van der Waals surface area contributed by atoms with E-state index in [4.69, 9.17) is 4.74 Å². The maximum absolute atomic E-state index is 10.8. The number of aliphatic hydroxyl groups is 1. The van der Waals surface area contributed by atoms with Crippen LogP contribution in [0.4, 0.5) is 0 Å². The first-order chi connectivity index (χ1) is 13.4. The molecule has 4 heterocycles. The number of hydrogen-bond donors (Lipinski definition) is 1. The van der Waals surface area contributed by atoms with E-state index in [1.54, 1.807) is 12.4 Å². The van der Waals surface area contributed by atoms with Crippen molar-refractivity contribution in [2.75, 3.05) is 6.61 Å². The van der Waals surface area contributed by atoms with Crippen molar-refractivity contribution in [1.82, 2.24) is 15.0 Å². The van der Waals surface area contributed by atoms with Gasteiger partial charge in [0.1, 0.15) is 11.3 Å². The van der Waals surface area contributed by atoms with E-state index in [2.05, 4.69) is 26.8 Å². The minimum absolute atomic E-state index is 0.190. The van der Waals surface area contributed by atoms with E-state index in [1.165, 1.54) is 0 Å². The molecule has 0 saturated carbocycles. The Balaban J connectivity index is 1.62. The Morgan fingerprint density at radius 3 is 2.64 bits per heavy atom. The molecule has 0 bridgehead atoms. The fourth-order valence-corrected chi connectivity index (χ4v) is 3.45. The molecule has 28 heavy (non-hydrogen) atoms. The maximum Gasteiger partial charge on any atom is 0.114 e. The lowest BCUT2D eigenvalue weighted by atomic mass is 9.88. The van der Waals surface area contributed by atoms with Crippen LogP contribution in [0.5, 0.6) is 0 Å². The molecule has 0 amide bonds. The monoisotopic (exact) mass is 373 g/mol. The van der Waals surface area contributed by atoms with Crippen LogP contribution in [-0.4, -0.2) is 32.8 Å². The van der Waals surface area contributed by atoms with Crippen LogP contribution >= 0.6 is 0 Å². The minimum atomic E-state index is -0.965. The van der Waals surface area contributed by atoms with E-state index in [1.807, 2.05) is 45.2 Å². The highest BCUT2D eigenvalue weighted by molar-refractivity contribution is 5.89. The fraction of sp³-hybridized carbons (Fsp3) is 0.348. The summed E-state index contributed by atoms with van der Waals surface area (Å²) < 4.78 is 5.63. The molecular formula is C23H23N3O2. The van der Waals surface area contributed by atoms with E-state index >= 15 is 0 Å². The van der Waals surface area contributed by atoms with Crippen LogP contribution in [0.3, 0.4) is 0 Å². The molecule has 1 aliphatic rings. The molecule has 1 N–H and O–H groups in total. The molecule has 5 nitrogen and oxygen atoms in total. The van der Waals surface area contributed by atoms with Gasteiger partial charge in [-0.3, -0.25) is 9.97 Å². The average molecular weight is 373 g/mol. The third-order valence-corrected chi connectivity index (χ3v) is 5.31. The first-order valence-electron chi connectivity index (χ1n) is 9.49. The van der Waals surface area contributed by atoms with Crippen molar-refractivity contribution in [2.24, 2.45) is 0 Å². The normalized spacial score (nSPS) is 21.9. The molecular weight excluding hydrogens is 350 g/mol. The van der Waals surface area contributed by atoms with Gasteiger partial charge in [-0.2, -0.15) is 0 Å². The highest BCUT2D eigenvalue weighted by Gasteiger charge is 2.34. The zero-order valence-electron chi connectivity index (χ0n) is 16.4. The van der Waals surface area contributed by atoms with Crippen molar-refractivity contribution in [3.63, 3.8) is 0 Å². The van der Waals surface area contributed by atoms with Crippen molar-refractivity contribution in [1.29, 1.82) is 0 Å². The molecule has 0 radical (unpaired) electrons. The van der Waals surface area contributed by atoms with Crippen LogP contribution in [0.1, 0.15) is 48.0 Å². The maximum atomic E-state index is 10.8. The van der Waals surface area contributed by atoms with Crippen LogP contribution in [0.2, 0.25) is 0 Å². The number of nitrogens with zero attached hydrogens (tertiary/aromatic N) is 3. The van der Waals surface area contributed by atoms with Gasteiger partial charge in [-0.15, -0.1) is 0 Å². The number of aryl methyl sites for hydroxylation is 2. The van der Waals surface area contributed by atoms with Gasteiger partial charge >= 0.3 is 0 Å².